The third kappa shape index (κ3) is 12.9. The summed E-state index contributed by atoms with van der Waals surface area (Å²) in [5, 5.41) is 0. The Balaban J connectivity index is 4.26. The van der Waals surface area contributed by atoms with Gasteiger partial charge >= 0.3 is 0 Å². The second-order valence-corrected chi connectivity index (χ2v) is 10.3. The monoisotopic (exact) mass is 326 g/mol. The zero-order valence-corrected chi connectivity index (χ0v) is 18.0. The third-order valence-electron chi connectivity index (χ3n) is 4.40. The first kappa shape index (κ1) is 22.9. The van der Waals surface area contributed by atoms with Gasteiger partial charge in [-0.3, -0.25) is 0 Å². The van der Waals surface area contributed by atoms with Crippen molar-refractivity contribution in [2.24, 2.45) is 22.7 Å². The Morgan fingerprint density at radius 1 is 0.870 bits per heavy atom. The summed E-state index contributed by atoms with van der Waals surface area (Å²) in [4.78, 5) is 5.13. The van der Waals surface area contributed by atoms with Gasteiger partial charge in [0.15, 0.2) is 0 Å². The smallest absolute Gasteiger partial charge is 0.00300 e. The van der Waals surface area contributed by atoms with Gasteiger partial charge in [0.05, 0.1) is 0 Å². The van der Waals surface area contributed by atoms with Crippen LogP contribution in [0, 0.1) is 22.7 Å². The van der Waals surface area contributed by atoms with Gasteiger partial charge in [0.2, 0.25) is 0 Å². The van der Waals surface area contributed by atoms with Crippen molar-refractivity contribution in [2.75, 3.05) is 39.8 Å². The molecule has 0 saturated heterocycles. The molecule has 0 amide bonds. The second kappa shape index (κ2) is 10.0. The highest BCUT2D eigenvalue weighted by atomic mass is 15.1. The van der Waals surface area contributed by atoms with Crippen LogP contribution < -0.4 is 0 Å². The van der Waals surface area contributed by atoms with Crippen molar-refractivity contribution in [1.82, 2.24) is 9.80 Å². The Morgan fingerprint density at radius 3 is 1.87 bits per heavy atom. The summed E-state index contributed by atoms with van der Waals surface area (Å²) in [6.45, 7) is 27.2. The van der Waals surface area contributed by atoms with Crippen LogP contribution in [-0.2, 0) is 0 Å². The van der Waals surface area contributed by atoms with Crippen molar-refractivity contribution in [3.05, 3.63) is 0 Å². The molecule has 0 heterocycles. The van der Waals surface area contributed by atoms with Gasteiger partial charge in [-0.25, -0.2) is 0 Å². The lowest BCUT2D eigenvalue weighted by molar-refractivity contribution is 0.151. The van der Waals surface area contributed by atoms with E-state index in [4.69, 9.17) is 0 Å². The molecule has 0 aliphatic rings. The molecule has 0 aromatic heterocycles. The first-order valence-corrected chi connectivity index (χ1v) is 9.75. The Hall–Kier alpha value is -0.0800. The van der Waals surface area contributed by atoms with E-state index in [2.05, 4.69) is 79.2 Å². The first-order chi connectivity index (χ1) is 10.3. The summed E-state index contributed by atoms with van der Waals surface area (Å²) in [6.07, 6.45) is 2.66. The zero-order chi connectivity index (χ0) is 18.3. The minimum absolute atomic E-state index is 0.397. The maximum Gasteiger partial charge on any atom is 0.00300 e. The quantitative estimate of drug-likeness (QED) is 0.502. The third-order valence-corrected chi connectivity index (χ3v) is 4.40. The van der Waals surface area contributed by atoms with Gasteiger partial charge in [0.25, 0.3) is 0 Å². The van der Waals surface area contributed by atoms with E-state index in [0.717, 1.165) is 11.8 Å². The first-order valence-electron chi connectivity index (χ1n) is 9.75. The highest BCUT2D eigenvalue weighted by molar-refractivity contribution is 4.76. The highest BCUT2D eigenvalue weighted by Crippen LogP contribution is 2.27. The number of hydrogen-bond acceptors (Lipinski definition) is 2. The highest BCUT2D eigenvalue weighted by Gasteiger charge is 2.23. The van der Waals surface area contributed by atoms with E-state index in [1.807, 2.05) is 0 Å². The van der Waals surface area contributed by atoms with Gasteiger partial charge in [0, 0.05) is 26.2 Å². The van der Waals surface area contributed by atoms with Crippen LogP contribution in [0.2, 0.25) is 0 Å². The predicted molar refractivity (Wildman–Crippen MR) is 106 cm³/mol. The normalized spacial score (nSPS) is 15.0. The molecule has 0 fully saturated rings. The topological polar surface area (TPSA) is 6.48 Å². The van der Waals surface area contributed by atoms with E-state index in [1.54, 1.807) is 0 Å². The molecule has 2 heteroatoms. The largest absolute Gasteiger partial charge is 0.306 e. The minimum Gasteiger partial charge on any atom is -0.306 e. The van der Waals surface area contributed by atoms with Gasteiger partial charge in [-0.05, 0) is 49.1 Å². The predicted octanol–water partition coefficient (Wildman–Crippen LogP) is 5.38. The maximum atomic E-state index is 2.63. The number of rotatable bonds is 11. The van der Waals surface area contributed by atoms with Gasteiger partial charge in [-0.15, -0.1) is 0 Å². The molecule has 23 heavy (non-hydrogen) atoms. The lowest BCUT2D eigenvalue weighted by Crippen LogP contribution is -2.37. The summed E-state index contributed by atoms with van der Waals surface area (Å²) in [5.74, 6) is 1.54. The minimum atomic E-state index is 0.397. The second-order valence-electron chi connectivity index (χ2n) is 10.3. The van der Waals surface area contributed by atoms with Crippen molar-refractivity contribution in [1.29, 1.82) is 0 Å². The lowest BCUT2D eigenvalue weighted by Gasteiger charge is -2.34. The Labute approximate surface area is 148 Å². The van der Waals surface area contributed by atoms with Crippen LogP contribution >= 0.6 is 0 Å². The number of hydrogen-bond donors (Lipinski definition) is 0. The summed E-state index contributed by atoms with van der Waals surface area (Å²) < 4.78 is 0. The van der Waals surface area contributed by atoms with E-state index in [0.29, 0.717) is 10.8 Å². The molecule has 0 aliphatic heterocycles. The average Bonchev–Trinajstić information content (AvgIpc) is 2.32. The molecule has 0 spiro atoms. The van der Waals surface area contributed by atoms with E-state index in [-0.39, 0.29) is 0 Å². The van der Waals surface area contributed by atoms with E-state index in [9.17, 15) is 0 Å². The molecule has 0 aromatic carbocycles. The lowest BCUT2D eigenvalue weighted by atomic mass is 9.84. The van der Waals surface area contributed by atoms with Crippen molar-refractivity contribution >= 4 is 0 Å². The van der Waals surface area contributed by atoms with Crippen LogP contribution in [0.25, 0.3) is 0 Å². The molecule has 1 unspecified atom stereocenters. The molecule has 0 saturated carbocycles. The number of nitrogens with zero attached hydrogens (tertiary/aromatic N) is 2. The van der Waals surface area contributed by atoms with Crippen LogP contribution in [-0.4, -0.2) is 49.6 Å². The SMILES string of the molecule is CCN(CC(C)CCC(C)(C)CN(C)CC(C)C)CC(C)(C)C. The Bertz CT molecular complexity index is 301. The molecule has 140 valence electrons. The van der Waals surface area contributed by atoms with E-state index < -0.39 is 0 Å². The van der Waals surface area contributed by atoms with Gasteiger partial charge < -0.3 is 9.80 Å². The molecule has 0 bridgehead atoms. The summed E-state index contributed by atoms with van der Waals surface area (Å²) in [5.41, 5.74) is 0.813. The van der Waals surface area contributed by atoms with Gasteiger partial charge in [-0.2, -0.15) is 0 Å². The molecule has 0 N–H and O–H groups in total. The zero-order valence-electron chi connectivity index (χ0n) is 18.0. The van der Waals surface area contributed by atoms with Crippen molar-refractivity contribution in [3.63, 3.8) is 0 Å². The van der Waals surface area contributed by atoms with E-state index in [1.165, 1.54) is 45.6 Å². The fraction of sp³-hybridized carbons (Fsp3) is 1.00. The van der Waals surface area contributed by atoms with Crippen LogP contribution in [0.1, 0.15) is 75.2 Å². The summed E-state index contributed by atoms with van der Waals surface area (Å²) in [6, 6.07) is 0. The fourth-order valence-corrected chi connectivity index (χ4v) is 3.64. The molecule has 0 aliphatic carbocycles. The van der Waals surface area contributed by atoms with Gasteiger partial charge in [-0.1, -0.05) is 62.3 Å². The molecular formula is C21H46N2. The molecule has 0 aromatic rings. The van der Waals surface area contributed by atoms with Crippen molar-refractivity contribution < 1.29 is 0 Å². The average molecular weight is 327 g/mol. The molecule has 2 nitrogen and oxygen atoms in total. The Kier molecular flexibility index (Phi) is 10.00. The van der Waals surface area contributed by atoms with E-state index >= 15 is 0 Å². The maximum absolute atomic E-state index is 2.63. The van der Waals surface area contributed by atoms with Gasteiger partial charge in [0.1, 0.15) is 0 Å². The summed E-state index contributed by atoms with van der Waals surface area (Å²) >= 11 is 0. The molecule has 1 atom stereocenters. The van der Waals surface area contributed by atoms with Crippen LogP contribution in [0.15, 0.2) is 0 Å². The molecule has 0 radical (unpaired) electrons. The van der Waals surface area contributed by atoms with Crippen LogP contribution in [0.5, 0.6) is 0 Å². The standard InChI is InChI=1S/C21H46N2/c1-11-23(16-20(5,6)7)15-19(4)12-13-21(8,9)17-22(10)14-18(2)3/h18-19H,11-17H2,1-10H3. The van der Waals surface area contributed by atoms with Crippen LogP contribution in [0.4, 0.5) is 0 Å². The summed E-state index contributed by atoms with van der Waals surface area (Å²) in [7, 11) is 2.27. The molecular weight excluding hydrogens is 280 g/mol. The van der Waals surface area contributed by atoms with Crippen molar-refractivity contribution in [3.8, 4) is 0 Å². The fourth-order valence-electron chi connectivity index (χ4n) is 3.64. The van der Waals surface area contributed by atoms with Crippen molar-refractivity contribution in [2.45, 2.75) is 75.2 Å². The molecule has 0 rings (SSSR count). The Morgan fingerprint density at radius 2 is 1.43 bits per heavy atom. The van der Waals surface area contributed by atoms with Crippen LogP contribution in [0.3, 0.4) is 0 Å².